The van der Waals surface area contributed by atoms with E-state index in [1.807, 2.05) is 68.4 Å². The number of esters is 2. The second-order valence-corrected chi connectivity index (χ2v) is 19.1. The summed E-state index contributed by atoms with van der Waals surface area (Å²) in [5.41, 5.74) is -0.849. The number of alkyl carbamates (subject to hydrolysis) is 2. The van der Waals surface area contributed by atoms with Gasteiger partial charge in [0.05, 0.1) is 30.0 Å². The van der Waals surface area contributed by atoms with Crippen LogP contribution in [0.3, 0.4) is 0 Å². The quantitative estimate of drug-likeness (QED) is 0.141. The number of pyridine rings is 1. The summed E-state index contributed by atoms with van der Waals surface area (Å²) in [6.07, 6.45) is -2.37. The van der Waals surface area contributed by atoms with Crippen LogP contribution in [0.15, 0.2) is 72.9 Å². The number of nitrogens with zero attached hydrogens (tertiary/aromatic N) is 2. The summed E-state index contributed by atoms with van der Waals surface area (Å²) in [4.78, 5) is 76.9. The minimum absolute atomic E-state index is 0.0474. The molecule has 16 nitrogen and oxygen atoms in total. The molecule has 3 aliphatic rings. The maximum absolute atomic E-state index is 14.7. The number of aliphatic hydroxyl groups excluding tert-OH is 1. The fourth-order valence-corrected chi connectivity index (χ4v) is 10.2. The number of fused-ring (bicyclic) bond motifs is 2. The van der Waals surface area contributed by atoms with Gasteiger partial charge in [-0.25, -0.2) is 9.59 Å². The number of carbonyl (C=O) groups is 5. The number of ether oxygens (including phenoxy) is 6. The molecule has 0 saturated carbocycles. The van der Waals surface area contributed by atoms with Crippen LogP contribution in [0.1, 0.15) is 85.8 Å². The first-order valence-corrected chi connectivity index (χ1v) is 23.4. The van der Waals surface area contributed by atoms with E-state index in [1.165, 1.54) is 0 Å². The summed E-state index contributed by atoms with van der Waals surface area (Å²) >= 11 is 0. The summed E-state index contributed by atoms with van der Waals surface area (Å²) in [6.45, 7) is 13.6. The number of nitrogens with one attached hydrogen (secondary N) is 2. The number of cyclic esters (lactones) is 1. The van der Waals surface area contributed by atoms with Crippen molar-refractivity contribution in [1.82, 2.24) is 20.5 Å². The molecule has 3 aromatic rings. The van der Waals surface area contributed by atoms with Crippen molar-refractivity contribution in [2.45, 2.75) is 141 Å². The first-order chi connectivity index (χ1) is 31.8. The first-order valence-electron chi connectivity index (χ1n) is 23.4. The SMILES string of the molecule is CC[C@H]1OC(=O)[C@H](C)[C@@H](OC(=O)Cc2ccccc2)[C@H](C)[C@@H](O[C@@H]2O[C@H](C)C[C@H](N(C)C)[C@H]2O)[C@](C)(OC(=O)NCC=Cc2ccnc3ccccc23)C[C@@H](C)C(=O)[C@H](C)[C@H]2NC(=O)O[C@@]21C. The van der Waals surface area contributed by atoms with Gasteiger partial charge >= 0.3 is 24.1 Å². The average Bonchev–Trinajstić information content (AvgIpc) is 3.61. The van der Waals surface area contributed by atoms with Gasteiger partial charge in [-0.05, 0) is 84.3 Å². The van der Waals surface area contributed by atoms with E-state index < -0.39 is 102 Å². The van der Waals surface area contributed by atoms with Crippen molar-refractivity contribution in [1.29, 1.82) is 0 Å². The smallest absolute Gasteiger partial charge is 0.408 e. The van der Waals surface area contributed by atoms with Crippen molar-refractivity contribution in [2.24, 2.45) is 23.7 Å². The third-order valence-electron chi connectivity index (χ3n) is 13.8. The third kappa shape index (κ3) is 11.7. The Morgan fingerprint density at radius 2 is 1.69 bits per heavy atom. The van der Waals surface area contributed by atoms with Crippen molar-refractivity contribution >= 4 is 46.9 Å². The number of amides is 2. The molecule has 0 unspecified atom stereocenters. The Balaban J connectivity index is 1.44. The molecule has 0 aliphatic carbocycles. The molecular weight excluding hydrogens is 861 g/mol. The topological polar surface area (TPSA) is 201 Å². The molecule has 3 N–H and O–H groups in total. The molecule has 3 aliphatic heterocycles. The number of benzene rings is 2. The second-order valence-electron chi connectivity index (χ2n) is 19.1. The molecule has 3 fully saturated rings. The Morgan fingerprint density at radius 3 is 2.39 bits per heavy atom. The van der Waals surface area contributed by atoms with Crippen LogP contribution in [0.25, 0.3) is 17.0 Å². The zero-order chi connectivity index (χ0) is 48.8. The highest BCUT2D eigenvalue weighted by atomic mass is 16.7. The highest BCUT2D eigenvalue weighted by Crippen LogP contribution is 2.42. The van der Waals surface area contributed by atoms with E-state index in [0.29, 0.717) is 12.0 Å². The summed E-state index contributed by atoms with van der Waals surface area (Å²) in [5.74, 6) is -5.66. The average molecular weight is 929 g/mol. The summed E-state index contributed by atoms with van der Waals surface area (Å²) in [5, 5.41) is 18.4. The van der Waals surface area contributed by atoms with Crippen molar-refractivity contribution < 1.29 is 57.5 Å². The van der Waals surface area contributed by atoms with Gasteiger partial charge in [-0.2, -0.15) is 0 Å². The lowest BCUT2D eigenvalue weighted by molar-refractivity contribution is -0.298. The predicted octanol–water partition coefficient (Wildman–Crippen LogP) is 6.40. The van der Waals surface area contributed by atoms with Crippen LogP contribution in [0, 0.1) is 23.7 Å². The molecule has 2 amide bonds. The maximum atomic E-state index is 14.7. The molecule has 3 saturated heterocycles. The van der Waals surface area contributed by atoms with Gasteiger partial charge in [0.15, 0.2) is 11.9 Å². The van der Waals surface area contributed by atoms with Crippen LogP contribution in [-0.2, 0) is 49.2 Å². The molecule has 364 valence electrons. The van der Waals surface area contributed by atoms with Crippen LogP contribution in [-0.4, -0.2) is 126 Å². The molecule has 67 heavy (non-hydrogen) atoms. The molecule has 0 bridgehead atoms. The second kappa shape index (κ2) is 21.7. The summed E-state index contributed by atoms with van der Waals surface area (Å²) in [6, 6.07) is 17.2. The van der Waals surface area contributed by atoms with E-state index in [9.17, 15) is 29.1 Å². The molecule has 0 radical (unpaired) electrons. The third-order valence-corrected chi connectivity index (χ3v) is 13.8. The molecule has 4 heterocycles. The number of aliphatic hydroxyl groups is 1. The van der Waals surface area contributed by atoms with Crippen molar-refractivity contribution in [2.75, 3.05) is 20.6 Å². The maximum Gasteiger partial charge on any atom is 0.408 e. The van der Waals surface area contributed by atoms with Gasteiger partial charge in [-0.15, -0.1) is 0 Å². The van der Waals surface area contributed by atoms with Gasteiger partial charge in [0.1, 0.15) is 35.8 Å². The van der Waals surface area contributed by atoms with Crippen LogP contribution in [0.5, 0.6) is 0 Å². The fourth-order valence-electron chi connectivity index (χ4n) is 10.2. The van der Waals surface area contributed by atoms with Crippen LogP contribution < -0.4 is 10.6 Å². The molecular formula is C51H68N4O12. The van der Waals surface area contributed by atoms with E-state index >= 15 is 0 Å². The van der Waals surface area contributed by atoms with Crippen molar-refractivity contribution in [3.05, 3.63) is 84.1 Å². The van der Waals surface area contributed by atoms with Gasteiger partial charge in [0.25, 0.3) is 0 Å². The first kappa shape index (κ1) is 51.0. The molecule has 2 aromatic carbocycles. The van der Waals surface area contributed by atoms with Crippen LogP contribution in [0.2, 0.25) is 0 Å². The van der Waals surface area contributed by atoms with Gasteiger partial charge in [-0.3, -0.25) is 19.4 Å². The number of hydrogen-bond acceptors (Lipinski definition) is 14. The Labute approximate surface area is 393 Å². The highest BCUT2D eigenvalue weighted by molar-refractivity contribution is 5.88. The van der Waals surface area contributed by atoms with Crippen LogP contribution in [0.4, 0.5) is 9.59 Å². The van der Waals surface area contributed by atoms with Gasteiger partial charge in [-0.1, -0.05) is 88.4 Å². The van der Waals surface area contributed by atoms with E-state index in [1.54, 1.807) is 85.0 Å². The van der Waals surface area contributed by atoms with E-state index in [2.05, 4.69) is 15.6 Å². The molecule has 16 heteroatoms. The lowest BCUT2D eigenvalue weighted by Crippen LogP contribution is -2.61. The van der Waals surface area contributed by atoms with Crippen molar-refractivity contribution in [3.8, 4) is 0 Å². The van der Waals surface area contributed by atoms with Gasteiger partial charge in [0, 0.05) is 41.9 Å². The monoisotopic (exact) mass is 928 g/mol. The molecule has 14 atom stereocenters. The lowest BCUT2D eigenvalue weighted by atomic mass is 9.73. The standard InChI is InChI=1S/C51H68N4O12/c1-11-39-51(8)44(54-49(61)67-51)31(4)41(57)29(2)28-50(7,66-48(60)53-24-17-20-35-23-25-52-37-22-16-15-21-36(35)37)45(65-47-42(58)38(55(9)10)26-30(3)62-47)32(5)43(33(6)46(59)63-39)64-40(56)27-34-18-13-12-14-19-34/h12-23,25,29-33,38-39,42-45,47,58H,11,24,26-28H2,1-10H3,(H,53,60)(H,54,61)/t29-,30-,31+,32+,33-,38+,39-,42-,43+,44-,45-,47+,50-,51-/m1/s1. The predicted molar refractivity (Wildman–Crippen MR) is 249 cm³/mol. The molecule has 1 aromatic heterocycles. The zero-order valence-electron chi connectivity index (χ0n) is 40.3. The Kier molecular flexibility index (Phi) is 16.5. The van der Waals surface area contributed by atoms with Gasteiger partial charge < -0.3 is 49.1 Å². The van der Waals surface area contributed by atoms with E-state index in [0.717, 1.165) is 16.5 Å². The largest absolute Gasteiger partial charge is 0.461 e. The number of likely N-dealkylation sites (N-methyl/N-ethyl adjacent to an activating group) is 1. The minimum atomic E-state index is -1.76. The number of rotatable bonds is 11. The number of ketones is 1. The number of aromatic nitrogens is 1. The lowest BCUT2D eigenvalue weighted by Gasteiger charge is -2.48. The summed E-state index contributed by atoms with van der Waals surface area (Å²) in [7, 11) is 3.68. The Morgan fingerprint density at radius 1 is 0.985 bits per heavy atom. The van der Waals surface area contributed by atoms with Crippen LogP contribution >= 0.6 is 0 Å². The van der Waals surface area contributed by atoms with Crippen molar-refractivity contribution in [3.63, 3.8) is 0 Å². The Hall–Kier alpha value is -5.42. The fraction of sp³-hybridized carbons (Fsp3) is 0.569. The molecule has 6 rings (SSSR count). The minimum Gasteiger partial charge on any atom is -0.461 e. The zero-order valence-corrected chi connectivity index (χ0v) is 40.3. The number of carbonyl (C=O) groups excluding carboxylic acids is 5. The van der Waals surface area contributed by atoms with E-state index in [4.69, 9.17) is 28.4 Å². The Bertz CT molecular complexity index is 2250. The number of Topliss-reactive ketones (excluding diaryl/α,β-unsaturated/α-hetero) is 1. The van der Waals surface area contributed by atoms with E-state index in [-0.39, 0.29) is 37.7 Å². The van der Waals surface area contributed by atoms with Gasteiger partial charge in [0.2, 0.25) is 0 Å². The number of hydrogen-bond donors (Lipinski definition) is 3. The molecule has 0 spiro atoms. The number of para-hydroxylation sites is 1. The normalized spacial score (nSPS) is 34.1. The summed E-state index contributed by atoms with van der Waals surface area (Å²) < 4.78 is 38.1. The highest BCUT2D eigenvalue weighted by Gasteiger charge is 2.58.